The van der Waals surface area contributed by atoms with E-state index in [4.69, 9.17) is 0 Å². The summed E-state index contributed by atoms with van der Waals surface area (Å²) in [5.41, 5.74) is 1.57. The minimum atomic E-state index is -0.682. The third-order valence-electron chi connectivity index (χ3n) is 4.40. The van der Waals surface area contributed by atoms with Gasteiger partial charge in [0.2, 0.25) is 11.8 Å². The van der Waals surface area contributed by atoms with E-state index in [1.165, 1.54) is 4.90 Å². The van der Waals surface area contributed by atoms with Crippen molar-refractivity contribution in [3.05, 3.63) is 35.4 Å². The molecule has 0 spiro atoms. The first-order valence-corrected chi connectivity index (χ1v) is 9.11. The Morgan fingerprint density at radius 1 is 1.04 bits per heavy atom. The summed E-state index contributed by atoms with van der Waals surface area (Å²) in [6.07, 6.45) is 0. The number of nitrogens with zero attached hydrogens (tertiary/aromatic N) is 2. The standard InChI is InChI=1S/C20H31N3O3/c1-7-23(8-2)17(24)13-22(6)20(26)18(14(3)4)21-19(25)16-11-9-15(5)10-12-16/h9-12,14,18H,7-8,13H2,1-6H3,(H,21,25). The number of hydrogen-bond donors (Lipinski definition) is 1. The lowest BCUT2D eigenvalue weighted by Gasteiger charge is -2.28. The van der Waals surface area contributed by atoms with Gasteiger partial charge in [0.1, 0.15) is 6.04 Å². The van der Waals surface area contributed by atoms with Gasteiger partial charge in [0, 0.05) is 25.7 Å². The molecule has 0 aliphatic carbocycles. The second-order valence-electron chi connectivity index (χ2n) is 6.82. The summed E-state index contributed by atoms with van der Waals surface area (Å²) in [7, 11) is 1.59. The van der Waals surface area contributed by atoms with Crippen molar-refractivity contribution in [2.45, 2.75) is 40.7 Å². The lowest BCUT2D eigenvalue weighted by molar-refractivity contribution is -0.140. The van der Waals surface area contributed by atoms with Crippen LogP contribution in [0.4, 0.5) is 0 Å². The number of hydrogen-bond acceptors (Lipinski definition) is 3. The summed E-state index contributed by atoms with van der Waals surface area (Å²) >= 11 is 0. The van der Waals surface area contributed by atoms with Crippen molar-refractivity contribution in [1.82, 2.24) is 15.1 Å². The van der Waals surface area contributed by atoms with Crippen molar-refractivity contribution in [3.63, 3.8) is 0 Å². The van der Waals surface area contributed by atoms with Crippen LogP contribution in [0, 0.1) is 12.8 Å². The molecule has 1 rings (SSSR count). The zero-order valence-electron chi connectivity index (χ0n) is 16.7. The molecular formula is C20H31N3O3. The minimum Gasteiger partial charge on any atom is -0.342 e. The molecule has 1 unspecified atom stereocenters. The molecule has 0 bridgehead atoms. The van der Waals surface area contributed by atoms with E-state index in [1.807, 2.05) is 46.8 Å². The Morgan fingerprint density at radius 2 is 1.58 bits per heavy atom. The zero-order chi connectivity index (χ0) is 19.9. The molecule has 0 saturated carbocycles. The van der Waals surface area contributed by atoms with Crippen LogP contribution in [-0.4, -0.2) is 60.2 Å². The first kappa shape index (κ1) is 21.7. The van der Waals surface area contributed by atoms with E-state index in [9.17, 15) is 14.4 Å². The van der Waals surface area contributed by atoms with Crippen LogP contribution in [-0.2, 0) is 9.59 Å². The topological polar surface area (TPSA) is 69.7 Å². The molecule has 0 aliphatic rings. The zero-order valence-corrected chi connectivity index (χ0v) is 16.7. The molecule has 0 radical (unpaired) electrons. The smallest absolute Gasteiger partial charge is 0.251 e. The number of benzene rings is 1. The maximum Gasteiger partial charge on any atom is 0.251 e. The largest absolute Gasteiger partial charge is 0.342 e. The second-order valence-corrected chi connectivity index (χ2v) is 6.82. The molecule has 0 aromatic heterocycles. The fourth-order valence-electron chi connectivity index (χ4n) is 2.64. The van der Waals surface area contributed by atoms with Crippen LogP contribution in [0.5, 0.6) is 0 Å². The highest BCUT2D eigenvalue weighted by Crippen LogP contribution is 2.09. The Balaban J connectivity index is 2.81. The first-order chi connectivity index (χ1) is 12.2. The number of rotatable bonds is 8. The van der Waals surface area contributed by atoms with Crippen molar-refractivity contribution in [1.29, 1.82) is 0 Å². The van der Waals surface area contributed by atoms with Crippen LogP contribution in [0.2, 0.25) is 0 Å². The predicted molar refractivity (Wildman–Crippen MR) is 103 cm³/mol. The van der Waals surface area contributed by atoms with Gasteiger partial charge in [0.05, 0.1) is 6.54 Å². The molecule has 0 saturated heterocycles. The highest BCUT2D eigenvalue weighted by atomic mass is 16.2. The van der Waals surface area contributed by atoms with Crippen LogP contribution in [0.15, 0.2) is 24.3 Å². The van der Waals surface area contributed by atoms with Crippen LogP contribution in [0.25, 0.3) is 0 Å². The summed E-state index contributed by atoms with van der Waals surface area (Å²) in [4.78, 5) is 40.5. The summed E-state index contributed by atoms with van der Waals surface area (Å²) in [6, 6.07) is 6.50. The van der Waals surface area contributed by atoms with E-state index in [2.05, 4.69) is 5.32 Å². The molecular weight excluding hydrogens is 330 g/mol. The van der Waals surface area contributed by atoms with Crippen molar-refractivity contribution < 1.29 is 14.4 Å². The number of likely N-dealkylation sites (N-methyl/N-ethyl adjacent to an activating group) is 2. The fourth-order valence-corrected chi connectivity index (χ4v) is 2.64. The van der Waals surface area contributed by atoms with Crippen molar-refractivity contribution in [2.75, 3.05) is 26.7 Å². The van der Waals surface area contributed by atoms with Crippen molar-refractivity contribution in [3.8, 4) is 0 Å². The molecule has 0 aliphatic heterocycles. The molecule has 6 nitrogen and oxygen atoms in total. The van der Waals surface area contributed by atoms with E-state index < -0.39 is 6.04 Å². The molecule has 26 heavy (non-hydrogen) atoms. The third kappa shape index (κ3) is 5.86. The SMILES string of the molecule is CCN(CC)C(=O)CN(C)C(=O)C(NC(=O)c1ccc(C)cc1)C(C)C. The van der Waals surface area contributed by atoms with Gasteiger partial charge < -0.3 is 15.1 Å². The van der Waals surface area contributed by atoms with Gasteiger partial charge in [0.15, 0.2) is 0 Å². The predicted octanol–water partition coefficient (Wildman–Crippen LogP) is 2.08. The Bertz CT molecular complexity index is 622. The van der Waals surface area contributed by atoms with E-state index in [-0.39, 0.29) is 30.2 Å². The molecule has 1 aromatic rings. The maximum absolute atomic E-state index is 12.8. The van der Waals surface area contributed by atoms with Gasteiger partial charge >= 0.3 is 0 Å². The van der Waals surface area contributed by atoms with Gasteiger partial charge in [-0.1, -0.05) is 31.5 Å². The summed E-state index contributed by atoms with van der Waals surface area (Å²) < 4.78 is 0. The van der Waals surface area contributed by atoms with Crippen molar-refractivity contribution >= 4 is 17.7 Å². The van der Waals surface area contributed by atoms with Crippen LogP contribution < -0.4 is 5.32 Å². The van der Waals surface area contributed by atoms with Gasteiger partial charge in [0.25, 0.3) is 5.91 Å². The van der Waals surface area contributed by atoms with Gasteiger partial charge in [-0.2, -0.15) is 0 Å². The van der Waals surface area contributed by atoms with E-state index in [0.717, 1.165) is 5.56 Å². The number of carbonyl (C=O) groups excluding carboxylic acids is 3. The molecule has 0 heterocycles. The Kier molecular flexibility index (Phi) is 8.29. The Hall–Kier alpha value is -2.37. The average molecular weight is 361 g/mol. The average Bonchev–Trinajstić information content (AvgIpc) is 2.60. The number of aryl methyl sites for hydroxylation is 1. The molecule has 1 atom stereocenters. The van der Waals surface area contributed by atoms with E-state index in [0.29, 0.717) is 18.7 Å². The highest BCUT2D eigenvalue weighted by molar-refractivity contribution is 5.98. The highest BCUT2D eigenvalue weighted by Gasteiger charge is 2.28. The lowest BCUT2D eigenvalue weighted by Crippen LogP contribution is -2.52. The minimum absolute atomic E-state index is 0.00410. The molecule has 0 fully saturated rings. The monoisotopic (exact) mass is 361 g/mol. The van der Waals surface area contributed by atoms with Crippen LogP contribution >= 0.6 is 0 Å². The van der Waals surface area contributed by atoms with Crippen LogP contribution in [0.1, 0.15) is 43.6 Å². The Morgan fingerprint density at radius 3 is 2.04 bits per heavy atom. The number of nitrogens with one attached hydrogen (secondary N) is 1. The number of carbonyl (C=O) groups is 3. The summed E-state index contributed by atoms with van der Waals surface area (Å²) in [6.45, 7) is 10.7. The fraction of sp³-hybridized carbons (Fsp3) is 0.550. The lowest BCUT2D eigenvalue weighted by atomic mass is 10.0. The molecule has 3 amide bonds. The maximum atomic E-state index is 12.8. The Labute approximate surface area is 156 Å². The van der Waals surface area contributed by atoms with Gasteiger partial charge in [-0.25, -0.2) is 0 Å². The van der Waals surface area contributed by atoms with Gasteiger partial charge in [-0.15, -0.1) is 0 Å². The normalized spacial score (nSPS) is 11.8. The summed E-state index contributed by atoms with van der Waals surface area (Å²) in [5.74, 6) is -0.748. The molecule has 1 aromatic carbocycles. The quantitative estimate of drug-likeness (QED) is 0.771. The van der Waals surface area contributed by atoms with Gasteiger partial charge in [-0.3, -0.25) is 14.4 Å². The molecule has 6 heteroatoms. The van der Waals surface area contributed by atoms with Crippen LogP contribution in [0.3, 0.4) is 0 Å². The molecule has 144 valence electrons. The van der Waals surface area contributed by atoms with Gasteiger partial charge in [-0.05, 0) is 38.8 Å². The van der Waals surface area contributed by atoms with E-state index >= 15 is 0 Å². The first-order valence-electron chi connectivity index (χ1n) is 9.11. The third-order valence-corrected chi connectivity index (χ3v) is 4.40. The second kappa shape index (κ2) is 9.94. The van der Waals surface area contributed by atoms with E-state index in [1.54, 1.807) is 24.1 Å². The van der Waals surface area contributed by atoms with Crippen molar-refractivity contribution in [2.24, 2.45) is 5.92 Å². The molecule has 1 N–H and O–H groups in total. The number of amides is 3. The summed E-state index contributed by atoms with van der Waals surface area (Å²) in [5, 5.41) is 2.81.